The molecule has 0 aliphatic heterocycles. The Bertz CT molecular complexity index is 188. The Labute approximate surface area is 105 Å². The second-order valence-electron chi connectivity index (χ2n) is 4.30. The minimum Gasteiger partial charge on any atom is -0.356 e. The fourth-order valence-corrected chi connectivity index (χ4v) is 1.61. The molecule has 0 aliphatic rings. The Morgan fingerprint density at radius 2 is 1.71 bits per heavy atom. The summed E-state index contributed by atoms with van der Waals surface area (Å²) in [5, 5.41) is 6.92. The summed E-state index contributed by atoms with van der Waals surface area (Å²) in [5.41, 5.74) is 0. The molecule has 17 heavy (non-hydrogen) atoms. The highest BCUT2D eigenvalue weighted by Gasteiger charge is 2.11. The Hall–Kier alpha value is -0.450. The molecule has 0 radical (unpaired) electrons. The van der Waals surface area contributed by atoms with E-state index in [0.717, 1.165) is 32.1 Å². The Kier molecular flexibility index (Phi) is 10.4. The molecule has 3 atom stereocenters. The van der Waals surface area contributed by atoms with Crippen LogP contribution in [-0.4, -0.2) is 32.0 Å². The van der Waals surface area contributed by atoms with Crippen LogP contribution >= 0.6 is 0 Å². The third-order valence-corrected chi connectivity index (χ3v) is 2.60. The van der Waals surface area contributed by atoms with Crippen LogP contribution in [0.5, 0.6) is 0 Å². The van der Waals surface area contributed by atoms with E-state index in [-0.39, 0.29) is 18.7 Å². The maximum Gasteiger partial charge on any atom is 0.158 e. The molecule has 0 aromatic carbocycles. The van der Waals surface area contributed by atoms with Crippen molar-refractivity contribution in [1.29, 1.82) is 5.41 Å². The molecule has 0 aliphatic carbocycles. The lowest BCUT2D eigenvalue weighted by Gasteiger charge is -2.22. The lowest BCUT2D eigenvalue weighted by Crippen LogP contribution is -2.25. The second kappa shape index (κ2) is 10.7. The quantitative estimate of drug-likeness (QED) is 0.345. The molecule has 0 spiro atoms. The standard InChI is InChI=1S/C13H27NO3/c1-11(9-7-5-6-8-10-14)16-13(3)17-12(2)15-4/h10-14H,5-9H2,1-4H3. The average molecular weight is 245 g/mol. The van der Waals surface area contributed by atoms with Gasteiger partial charge in [-0.25, -0.2) is 0 Å². The molecule has 0 rings (SSSR count). The zero-order chi connectivity index (χ0) is 13.1. The topological polar surface area (TPSA) is 51.5 Å². The summed E-state index contributed by atoms with van der Waals surface area (Å²) < 4.78 is 16.1. The zero-order valence-electron chi connectivity index (χ0n) is 11.6. The van der Waals surface area contributed by atoms with Gasteiger partial charge >= 0.3 is 0 Å². The highest BCUT2D eigenvalue weighted by atomic mass is 16.8. The smallest absolute Gasteiger partial charge is 0.158 e. The van der Waals surface area contributed by atoms with Gasteiger partial charge in [-0.3, -0.25) is 0 Å². The number of ether oxygens (including phenoxy) is 3. The lowest BCUT2D eigenvalue weighted by atomic mass is 10.1. The predicted octanol–water partition coefficient (Wildman–Crippen LogP) is 3.35. The summed E-state index contributed by atoms with van der Waals surface area (Å²) in [6.45, 7) is 5.80. The number of nitrogens with one attached hydrogen (secondary N) is 1. The first kappa shape index (κ1) is 16.6. The summed E-state index contributed by atoms with van der Waals surface area (Å²) in [7, 11) is 1.62. The molecule has 3 unspecified atom stereocenters. The van der Waals surface area contributed by atoms with Crippen molar-refractivity contribution in [3.05, 3.63) is 0 Å². The largest absolute Gasteiger partial charge is 0.356 e. The van der Waals surface area contributed by atoms with Crippen LogP contribution in [-0.2, 0) is 14.2 Å². The monoisotopic (exact) mass is 245 g/mol. The number of rotatable bonds is 11. The summed E-state index contributed by atoms with van der Waals surface area (Å²) in [6, 6.07) is 0. The minimum atomic E-state index is -0.235. The van der Waals surface area contributed by atoms with Crippen LogP contribution in [0, 0.1) is 5.41 Å². The summed E-state index contributed by atoms with van der Waals surface area (Å²) in [5.74, 6) is 0. The first-order valence-corrected chi connectivity index (χ1v) is 6.42. The van der Waals surface area contributed by atoms with Gasteiger partial charge in [0.2, 0.25) is 0 Å². The summed E-state index contributed by atoms with van der Waals surface area (Å²) in [4.78, 5) is 0. The minimum absolute atomic E-state index is 0.203. The third kappa shape index (κ3) is 10.4. The van der Waals surface area contributed by atoms with Crippen LogP contribution in [0.15, 0.2) is 0 Å². The van der Waals surface area contributed by atoms with E-state index in [4.69, 9.17) is 19.6 Å². The first-order chi connectivity index (χ1) is 8.10. The van der Waals surface area contributed by atoms with Crippen molar-refractivity contribution in [1.82, 2.24) is 0 Å². The van der Waals surface area contributed by atoms with Crippen LogP contribution in [0.3, 0.4) is 0 Å². The van der Waals surface area contributed by atoms with Gasteiger partial charge in [0.15, 0.2) is 12.6 Å². The van der Waals surface area contributed by atoms with Gasteiger partial charge in [0, 0.05) is 7.11 Å². The average Bonchev–Trinajstić information content (AvgIpc) is 2.28. The first-order valence-electron chi connectivity index (χ1n) is 6.42. The van der Waals surface area contributed by atoms with E-state index in [9.17, 15) is 0 Å². The van der Waals surface area contributed by atoms with Crippen LogP contribution in [0.1, 0.15) is 52.9 Å². The van der Waals surface area contributed by atoms with Crippen molar-refractivity contribution >= 4 is 6.21 Å². The maximum absolute atomic E-state index is 6.92. The van der Waals surface area contributed by atoms with Crippen molar-refractivity contribution in [2.75, 3.05) is 7.11 Å². The molecule has 0 aromatic heterocycles. The van der Waals surface area contributed by atoms with Gasteiger partial charge in [-0.15, -0.1) is 0 Å². The third-order valence-electron chi connectivity index (χ3n) is 2.60. The van der Waals surface area contributed by atoms with Gasteiger partial charge in [-0.1, -0.05) is 12.8 Å². The summed E-state index contributed by atoms with van der Waals surface area (Å²) in [6.07, 6.45) is 6.53. The van der Waals surface area contributed by atoms with Crippen LogP contribution in [0.4, 0.5) is 0 Å². The number of hydrogen-bond donors (Lipinski definition) is 1. The molecule has 0 fully saturated rings. The van der Waals surface area contributed by atoms with E-state index < -0.39 is 0 Å². The van der Waals surface area contributed by atoms with Crippen molar-refractivity contribution in [2.45, 2.75) is 71.6 Å². The number of methoxy groups -OCH3 is 1. The molecule has 0 heterocycles. The second-order valence-corrected chi connectivity index (χ2v) is 4.30. The van der Waals surface area contributed by atoms with E-state index in [1.165, 1.54) is 6.21 Å². The number of unbranched alkanes of at least 4 members (excludes halogenated alkanes) is 3. The van der Waals surface area contributed by atoms with E-state index in [2.05, 4.69) is 6.92 Å². The normalized spacial score (nSPS) is 16.5. The van der Waals surface area contributed by atoms with E-state index >= 15 is 0 Å². The van der Waals surface area contributed by atoms with Gasteiger partial charge in [-0.05, 0) is 46.2 Å². The molecule has 0 saturated heterocycles. The predicted molar refractivity (Wildman–Crippen MR) is 69.4 cm³/mol. The molecular weight excluding hydrogens is 218 g/mol. The molecule has 0 aromatic rings. The van der Waals surface area contributed by atoms with Gasteiger partial charge in [0.05, 0.1) is 6.10 Å². The van der Waals surface area contributed by atoms with Gasteiger partial charge in [0.1, 0.15) is 0 Å². The van der Waals surface area contributed by atoms with Crippen LogP contribution < -0.4 is 0 Å². The molecule has 0 amide bonds. The highest BCUT2D eigenvalue weighted by Crippen LogP contribution is 2.11. The van der Waals surface area contributed by atoms with Crippen molar-refractivity contribution in [3.63, 3.8) is 0 Å². The summed E-state index contributed by atoms with van der Waals surface area (Å²) >= 11 is 0. The number of hydrogen-bond acceptors (Lipinski definition) is 4. The maximum atomic E-state index is 6.92. The Morgan fingerprint density at radius 1 is 1.00 bits per heavy atom. The van der Waals surface area contributed by atoms with Gasteiger partial charge < -0.3 is 19.6 Å². The lowest BCUT2D eigenvalue weighted by molar-refractivity contribution is -0.236. The molecule has 4 nitrogen and oxygen atoms in total. The molecule has 1 N–H and O–H groups in total. The van der Waals surface area contributed by atoms with Crippen LogP contribution in [0.2, 0.25) is 0 Å². The molecule has 4 heteroatoms. The van der Waals surface area contributed by atoms with E-state index in [0.29, 0.717) is 0 Å². The molecule has 0 bridgehead atoms. The SMILES string of the molecule is COC(C)OC(C)OC(C)CCCCCC=N. The Morgan fingerprint density at radius 3 is 2.29 bits per heavy atom. The van der Waals surface area contributed by atoms with Crippen LogP contribution in [0.25, 0.3) is 0 Å². The molecule has 102 valence electrons. The van der Waals surface area contributed by atoms with Crippen molar-refractivity contribution in [3.8, 4) is 0 Å². The zero-order valence-corrected chi connectivity index (χ0v) is 11.6. The van der Waals surface area contributed by atoms with Gasteiger partial charge in [0.25, 0.3) is 0 Å². The molecular formula is C13H27NO3. The fourth-order valence-electron chi connectivity index (χ4n) is 1.61. The highest BCUT2D eigenvalue weighted by molar-refractivity contribution is 5.52. The Balaban J connectivity index is 3.49. The fraction of sp³-hybridized carbons (Fsp3) is 0.923. The van der Waals surface area contributed by atoms with E-state index in [1.807, 2.05) is 13.8 Å². The van der Waals surface area contributed by atoms with Crippen molar-refractivity contribution < 1.29 is 14.2 Å². The van der Waals surface area contributed by atoms with Gasteiger partial charge in [-0.2, -0.15) is 0 Å². The van der Waals surface area contributed by atoms with Crippen molar-refractivity contribution in [2.24, 2.45) is 0 Å². The van der Waals surface area contributed by atoms with E-state index in [1.54, 1.807) is 7.11 Å². The molecule has 0 saturated carbocycles.